The number of nitrogens with zero attached hydrogens (tertiary/aromatic N) is 1. The van der Waals surface area contributed by atoms with Crippen molar-refractivity contribution in [3.05, 3.63) is 30.3 Å². The zero-order chi connectivity index (χ0) is 10.3. The van der Waals surface area contributed by atoms with Crippen molar-refractivity contribution in [3.8, 4) is 5.88 Å². The van der Waals surface area contributed by atoms with E-state index in [4.69, 9.17) is 4.74 Å². The van der Waals surface area contributed by atoms with Crippen LogP contribution in [0.1, 0.15) is 0 Å². The van der Waals surface area contributed by atoms with Crippen molar-refractivity contribution in [2.24, 2.45) is 7.05 Å². The Morgan fingerprint density at radius 3 is 2.80 bits per heavy atom. The Labute approximate surface area is 88.6 Å². The van der Waals surface area contributed by atoms with Crippen LogP contribution in [0.2, 0.25) is 0 Å². The van der Waals surface area contributed by atoms with Gasteiger partial charge in [0.25, 0.3) is 0 Å². The highest BCUT2D eigenvalue weighted by Crippen LogP contribution is 2.24. The van der Waals surface area contributed by atoms with Crippen molar-refractivity contribution < 1.29 is 4.74 Å². The summed E-state index contributed by atoms with van der Waals surface area (Å²) in [5.41, 5.74) is 1.22. The quantitative estimate of drug-likeness (QED) is 0.799. The standard InChI is InChI=1S/C12H14N2O/c1-14-11-5-3-2-4-9(11)6-12(14)15-10-7-13-8-10/h2-6,10,13H,7-8H2,1H3. The molecule has 1 aromatic heterocycles. The van der Waals surface area contributed by atoms with E-state index in [2.05, 4.69) is 40.2 Å². The highest BCUT2D eigenvalue weighted by molar-refractivity contribution is 5.82. The summed E-state index contributed by atoms with van der Waals surface area (Å²) in [4.78, 5) is 0. The predicted molar refractivity (Wildman–Crippen MR) is 60.2 cm³/mol. The van der Waals surface area contributed by atoms with Gasteiger partial charge < -0.3 is 14.6 Å². The molecule has 0 saturated carbocycles. The van der Waals surface area contributed by atoms with Crippen molar-refractivity contribution in [2.45, 2.75) is 6.10 Å². The van der Waals surface area contributed by atoms with Gasteiger partial charge in [-0.05, 0) is 6.07 Å². The van der Waals surface area contributed by atoms with Crippen LogP contribution in [0.15, 0.2) is 30.3 Å². The largest absolute Gasteiger partial charge is 0.473 e. The number of rotatable bonds is 2. The number of ether oxygens (including phenoxy) is 1. The van der Waals surface area contributed by atoms with E-state index in [1.165, 1.54) is 10.9 Å². The van der Waals surface area contributed by atoms with Crippen LogP contribution >= 0.6 is 0 Å². The lowest BCUT2D eigenvalue weighted by Gasteiger charge is -2.27. The first kappa shape index (κ1) is 8.80. The van der Waals surface area contributed by atoms with E-state index in [0.717, 1.165) is 19.0 Å². The van der Waals surface area contributed by atoms with Crippen LogP contribution in [0.25, 0.3) is 10.9 Å². The van der Waals surface area contributed by atoms with Gasteiger partial charge in [-0.15, -0.1) is 0 Å². The molecule has 0 aliphatic carbocycles. The molecule has 15 heavy (non-hydrogen) atoms. The number of aryl methyl sites for hydroxylation is 1. The molecule has 1 saturated heterocycles. The second-order valence-electron chi connectivity index (χ2n) is 4.00. The van der Waals surface area contributed by atoms with Gasteiger partial charge in [0.15, 0.2) is 5.88 Å². The fourth-order valence-electron chi connectivity index (χ4n) is 1.89. The monoisotopic (exact) mass is 202 g/mol. The second kappa shape index (κ2) is 3.28. The van der Waals surface area contributed by atoms with E-state index in [9.17, 15) is 0 Å². The molecule has 0 spiro atoms. The molecule has 0 atom stereocenters. The fourth-order valence-corrected chi connectivity index (χ4v) is 1.89. The highest BCUT2D eigenvalue weighted by Gasteiger charge is 2.19. The Morgan fingerprint density at radius 1 is 1.33 bits per heavy atom. The molecule has 0 bridgehead atoms. The number of aromatic nitrogens is 1. The lowest BCUT2D eigenvalue weighted by molar-refractivity contribution is 0.132. The van der Waals surface area contributed by atoms with Crippen LogP contribution in [0, 0.1) is 0 Å². The van der Waals surface area contributed by atoms with Crippen molar-refractivity contribution in [1.82, 2.24) is 9.88 Å². The Hall–Kier alpha value is -1.48. The van der Waals surface area contributed by atoms with E-state index in [-0.39, 0.29) is 0 Å². The molecule has 1 aromatic carbocycles. The Morgan fingerprint density at radius 2 is 2.13 bits per heavy atom. The maximum Gasteiger partial charge on any atom is 0.194 e. The highest BCUT2D eigenvalue weighted by atomic mass is 16.5. The average molecular weight is 202 g/mol. The van der Waals surface area contributed by atoms with Crippen molar-refractivity contribution in [3.63, 3.8) is 0 Å². The second-order valence-corrected chi connectivity index (χ2v) is 4.00. The maximum absolute atomic E-state index is 5.87. The third-order valence-electron chi connectivity index (χ3n) is 2.94. The van der Waals surface area contributed by atoms with Gasteiger partial charge in [0.05, 0.1) is 5.52 Å². The molecule has 2 heterocycles. The summed E-state index contributed by atoms with van der Waals surface area (Å²) >= 11 is 0. The van der Waals surface area contributed by atoms with Crippen molar-refractivity contribution >= 4 is 10.9 Å². The smallest absolute Gasteiger partial charge is 0.194 e. The zero-order valence-corrected chi connectivity index (χ0v) is 8.73. The molecule has 2 aromatic rings. The van der Waals surface area contributed by atoms with Crippen LogP contribution in [-0.2, 0) is 7.05 Å². The molecule has 3 heteroatoms. The van der Waals surface area contributed by atoms with Gasteiger partial charge in [-0.2, -0.15) is 0 Å². The number of fused-ring (bicyclic) bond motifs is 1. The minimum atomic E-state index is 0.341. The van der Waals surface area contributed by atoms with Crippen molar-refractivity contribution in [2.75, 3.05) is 13.1 Å². The molecule has 3 rings (SSSR count). The first-order valence-electron chi connectivity index (χ1n) is 5.26. The van der Waals surface area contributed by atoms with Crippen LogP contribution in [0.4, 0.5) is 0 Å². The van der Waals surface area contributed by atoms with Gasteiger partial charge in [0.2, 0.25) is 0 Å². The first-order valence-corrected chi connectivity index (χ1v) is 5.26. The van der Waals surface area contributed by atoms with Gasteiger partial charge in [0, 0.05) is 31.6 Å². The molecule has 1 aliphatic heterocycles. The van der Waals surface area contributed by atoms with Crippen LogP contribution < -0.4 is 10.1 Å². The van der Waals surface area contributed by atoms with Crippen LogP contribution in [0.5, 0.6) is 5.88 Å². The summed E-state index contributed by atoms with van der Waals surface area (Å²) in [6, 6.07) is 10.4. The molecule has 0 unspecified atom stereocenters. The summed E-state index contributed by atoms with van der Waals surface area (Å²) in [5.74, 6) is 0.961. The number of hydrogen-bond acceptors (Lipinski definition) is 2. The van der Waals surface area contributed by atoms with E-state index >= 15 is 0 Å². The van der Waals surface area contributed by atoms with Crippen LogP contribution in [0.3, 0.4) is 0 Å². The lowest BCUT2D eigenvalue weighted by atomic mass is 10.2. The summed E-state index contributed by atoms with van der Waals surface area (Å²) in [6.45, 7) is 1.92. The molecular weight excluding hydrogens is 188 g/mol. The first-order chi connectivity index (χ1) is 7.34. The Balaban J connectivity index is 1.99. The van der Waals surface area contributed by atoms with E-state index in [1.54, 1.807) is 0 Å². The van der Waals surface area contributed by atoms with Gasteiger partial charge in [-0.25, -0.2) is 0 Å². The minimum Gasteiger partial charge on any atom is -0.473 e. The van der Waals surface area contributed by atoms with E-state index in [0.29, 0.717) is 6.10 Å². The van der Waals surface area contributed by atoms with E-state index in [1.807, 2.05) is 7.05 Å². The molecular formula is C12H14N2O. The van der Waals surface area contributed by atoms with Gasteiger partial charge >= 0.3 is 0 Å². The zero-order valence-electron chi connectivity index (χ0n) is 8.73. The molecule has 0 amide bonds. The van der Waals surface area contributed by atoms with Gasteiger partial charge in [-0.1, -0.05) is 18.2 Å². The van der Waals surface area contributed by atoms with Crippen molar-refractivity contribution in [1.29, 1.82) is 0 Å². The van der Waals surface area contributed by atoms with Crippen LogP contribution in [-0.4, -0.2) is 23.8 Å². The average Bonchev–Trinajstić information content (AvgIpc) is 2.51. The topological polar surface area (TPSA) is 26.2 Å². The normalized spacial score (nSPS) is 16.6. The molecule has 3 nitrogen and oxygen atoms in total. The third-order valence-corrected chi connectivity index (χ3v) is 2.94. The molecule has 1 fully saturated rings. The molecule has 0 radical (unpaired) electrons. The number of benzene rings is 1. The minimum absolute atomic E-state index is 0.341. The predicted octanol–water partition coefficient (Wildman–Crippen LogP) is 1.53. The Bertz CT molecular complexity index is 485. The number of para-hydroxylation sites is 1. The van der Waals surface area contributed by atoms with E-state index < -0.39 is 0 Å². The molecule has 1 N–H and O–H groups in total. The van der Waals surface area contributed by atoms with Gasteiger partial charge in [-0.3, -0.25) is 0 Å². The Kier molecular flexibility index (Phi) is 1.92. The summed E-state index contributed by atoms with van der Waals surface area (Å²) in [5, 5.41) is 4.44. The molecule has 78 valence electrons. The van der Waals surface area contributed by atoms with Gasteiger partial charge in [0.1, 0.15) is 6.10 Å². The lowest BCUT2D eigenvalue weighted by Crippen LogP contribution is -2.50. The molecule has 1 aliphatic rings. The maximum atomic E-state index is 5.87. The number of nitrogens with one attached hydrogen (secondary N) is 1. The SMILES string of the molecule is Cn1c(OC2CNC2)cc2ccccc21. The fraction of sp³-hybridized carbons (Fsp3) is 0.333. The third kappa shape index (κ3) is 1.39. The number of hydrogen-bond donors (Lipinski definition) is 1. The summed E-state index contributed by atoms with van der Waals surface area (Å²) < 4.78 is 7.97. The summed E-state index contributed by atoms with van der Waals surface area (Å²) in [7, 11) is 2.05. The summed E-state index contributed by atoms with van der Waals surface area (Å²) in [6.07, 6.45) is 0.341.